The Morgan fingerprint density at radius 3 is 2.49 bits per heavy atom. The number of hydrogen-bond donors (Lipinski definition) is 2. The number of rotatable bonds is 7. The van der Waals surface area contributed by atoms with E-state index in [0.717, 1.165) is 85.9 Å². The lowest BCUT2D eigenvalue weighted by atomic mass is 9.60. The lowest BCUT2D eigenvalue weighted by Crippen LogP contribution is -2.63. The number of carbonyl (C=O) groups is 1. The summed E-state index contributed by atoms with van der Waals surface area (Å²) >= 11 is 7.07. The molecule has 1 spiro atoms. The predicted octanol–water partition coefficient (Wildman–Crippen LogP) is 6.06. The molecule has 0 radical (unpaired) electrons. The SMILES string of the molecule is C=CC(=O)N1CC2(CC(n3nc(N4CCN(c5ccnnc5)C[C@]4(C)CC)c(-c4c(Cl)c(C)cc(N)c4C=N)c3C)C2)C1.CC. The van der Waals surface area contributed by atoms with Crippen molar-refractivity contribution in [2.24, 2.45) is 5.41 Å². The summed E-state index contributed by atoms with van der Waals surface area (Å²) in [5, 5.41) is 22.3. The van der Waals surface area contributed by atoms with Gasteiger partial charge in [-0.15, -0.1) is 0 Å². The minimum atomic E-state index is -0.241. The number of carbonyl (C=O) groups excluding carboxylic acids is 1. The van der Waals surface area contributed by atoms with Crippen molar-refractivity contribution >= 4 is 40.9 Å². The third-order valence-electron chi connectivity index (χ3n) is 9.99. The van der Waals surface area contributed by atoms with Crippen LogP contribution in [-0.2, 0) is 4.79 Å². The molecule has 0 bridgehead atoms. The molecule has 3 fully saturated rings. The Hall–Kier alpha value is -3.92. The summed E-state index contributed by atoms with van der Waals surface area (Å²) in [4.78, 5) is 18.8. The zero-order valence-corrected chi connectivity index (χ0v) is 28.2. The largest absolute Gasteiger partial charge is 0.398 e. The first-order valence-corrected chi connectivity index (χ1v) is 16.3. The number of nitrogens with zero attached hydrogens (tertiary/aromatic N) is 7. The van der Waals surface area contributed by atoms with E-state index in [0.29, 0.717) is 16.3 Å². The highest BCUT2D eigenvalue weighted by atomic mass is 35.5. The monoisotopic (exact) mass is 631 g/mol. The van der Waals surface area contributed by atoms with Gasteiger partial charge in [-0.3, -0.25) is 9.48 Å². The van der Waals surface area contributed by atoms with Crippen molar-refractivity contribution in [2.45, 2.75) is 72.4 Å². The number of halogens is 1. The molecule has 2 saturated heterocycles. The second-order valence-corrected chi connectivity index (χ2v) is 13.1. The highest BCUT2D eigenvalue weighted by Gasteiger charge is 2.55. The molecule has 1 aromatic carbocycles. The second-order valence-electron chi connectivity index (χ2n) is 12.7. The molecule has 1 amide bonds. The minimum Gasteiger partial charge on any atom is -0.398 e. The molecule has 0 unspecified atom stereocenters. The van der Waals surface area contributed by atoms with Crippen molar-refractivity contribution in [1.82, 2.24) is 24.9 Å². The van der Waals surface area contributed by atoms with Gasteiger partial charge in [-0.05, 0) is 63.8 Å². The van der Waals surface area contributed by atoms with Crippen LogP contribution in [-0.4, -0.2) is 75.3 Å². The van der Waals surface area contributed by atoms with Crippen LogP contribution in [0.4, 0.5) is 17.2 Å². The third-order valence-corrected chi connectivity index (χ3v) is 10.5. The van der Waals surface area contributed by atoms with Crippen LogP contribution in [0, 0.1) is 24.7 Å². The first-order valence-electron chi connectivity index (χ1n) is 15.9. The third kappa shape index (κ3) is 5.47. The molecule has 3 N–H and O–H groups in total. The van der Waals surface area contributed by atoms with Gasteiger partial charge in [-0.2, -0.15) is 15.3 Å². The number of aromatic nitrogens is 4. The van der Waals surface area contributed by atoms with Crippen molar-refractivity contribution in [3.8, 4) is 11.1 Å². The van der Waals surface area contributed by atoms with Crippen LogP contribution in [0.25, 0.3) is 11.1 Å². The predicted molar refractivity (Wildman–Crippen MR) is 184 cm³/mol. The number of benzene rings is 1. The number of piperazine rings is 1. The van der Waals surface area contributed by atoms with Crippen LogP contribution < -0.4 is 15.5 Å². The van der Waals surface area contributed by atoms with Crippen molar-refractivity contribution < 1.29 is 4.79 Å². The average Bonchev–Trinajstić information content (AvgIpc) is 3.34. The van der Waals surface area contributed by atoms with Gasteiger partial charge in [0.15, 0.2) is 5.82 Å². The first-order chi connectivity index (χ1) is 21.5. The summed E-state index contributed by atoms with van der Waals surface area (Å²) in [6.07, 6.45) is 9.08. The van der Waals surface area contributed by atoms with Gasteiger partial charge in [-0.1, -0.05) is 39.0 Å². The lowest BCUT2D eigenvalue weighted by Gasteiger charge is -2.58. The van der Waals surface area contributed by atoms with E-state index in [1.807, 2.05) is 44.0 Å². The fourth-order valence-electron chi connectivity index (χ4n) is 7.42. The van der Waals surface area contributed by atoms with Crippen LogP contribution in [0.5, 0.6) is 0 Å². The number of anilines is 3. The van der Waals surface area contributed by atoms with Gasteiger partial charge >= 0.3 is 0 Å². The normalized spacial score (nSPS) is 20.6. The van der Waals surface area contributed by atoms with Crippen LogP contribution in [0.1, 0.15) is 69.8 Å². The smallest absolute Gasteiger partial charge is 0.245 e. The van der Waals surface area contributed by atoms with E-state index >= 15 is 0 Å². The van der Waals surface area contributed by atoms with Gasteiger partial charge in [0.1, 0.15) is 0 Å². The van der Waals surface area contributed by atoms with E-state index < -0.39 is 0 Å². The Bertz CT molecular complexity index is 1590. The maximum Gasteiger partial charge on any atom is 0.245 e. The zero-order chi connectivity index (χ0) is 32.7. The van der Waals surface area contributed by atoms with E-state index in [1.54, 1.807) is 6.20 Å². The summed E-state index contributed by atoms with van der Waals surface area (Å²) < 4.78 is 2.17. The summed E-state index contributed by atoms with van der Waals surface area (Å²) in [6.45, 7) is 20.1. The second kappa shape index (κ2) is 12.5. The Morgan fingerprint density at radius 2 is 1.89 bits per heavy atom. The molecule has 2 aromatic heterocycles. The van der Waals surface area contributed by atoms with Crippen molar-refractivity contribution in [2.75, 3.05) is 48.3 Å². The van der Waals surface area contributed by atoms with E-state index in [1.165, 1.54) is 12.3 Å². The van der Waals surface area contributed by atoms with Crippen LogP contribution in [0.15, 0.2) is 37.2 Å². The van der Waals surface area contributed by atoms with Crippen LogP contribution >= 0.6 is 11.6 Å². The van der Waals surface area contributed by atoms with Crippen molar-refractivity contribution in [1.29, 1.82) is 5.41 Å². The van der Waals surface area contributed by atoms with Crippen molar-refractivity contribution in [3.63, 3.8) is 0 Å². The maximum absolute atomic E-state index is 12.1. The number of likely N-dealkylation sites (tertiary alicyclic amines) is 1. The Kier molecular flexibility index (Phi) is 8.99. The molecular formula is C34H46ClN9O. The lowest BCUT2D eigenvalue weighted by molar-refractivity contribution is -0.149. The van der Waals surface area contributed by atoms with E-state index in [4.69, 9.17) is 27.8 Å². The molecule has 6 rings (SSSR count). The number of aryl methyl sites for hydroxylation is 1. The topological polar surface area (TPSA) is 120 Å². The van der Waals surface area contributed by atoms with Crippen LogP contribution in [0.3, 0.4) is 0 Å². The number of amides is 1. The first kappa shape index (κ1) is 32.5. The van der Waals surface area contributed by atoms with Gasteiger partial charge in [-0.25, -0.2) is 0 Å². The van der Waals surface area contributed by atoms with Gasteiger partial charge in [0, 0.05) is 72.4 Å². The summed E-state index contributed by atoms with van der Waals surface area (Å²) in [7, 11) is 0. The number of nitrogens with two attached hydrogens (primary N) is 1. The number of nitrogen functional groups attached to an aromatic ring is 1. The summed E-state index contributed by atoms with van der Waals surface area (Å²) in [5.41, 5.74) is 12.2. The molecule has 45 heavy (non-hydrogen) atoms. The Labute approximate surface area is 271 Å². The highest BCUT2D eigenvalue weighted by molar-refractivity contribution is 6.35. The summed E-state index contributed by atoms with van der Waals surface area (Å²) in [5.74, 6) is 0.877. The molecular weight excluding hydrogens is 586 g/mol. The maximum atomic E-state index is 12.1. The molecule has 1 saturated carbocycles. The molecule has 1 aliphatic carbocycles. The number of hydrogen-bond acceptors (Lipinski definition) is 8. The Balaban J connectivity index is 0.00000196. The van der Waals surface area contributed by atoms with E-state index in [9.17, 15) is 4.79 Å². The van der Waals surface area contributed by atoms with Gasteiger partial charge in [0.05, 0.1) is 34.7 Å². The molecule has 10 nitrogen and oxygen atoms in total. The molecule has 4 heterocycles. The minimum absolute atomic E-state index is 0.000286. The van der Waals surface area contributed by atoms with E-state index in [-0.39, 0.29) is 22.9 Å². The molecule has 3 aliphatic rings. The summed E-state index contributed by atoms with van der Waals surface area (Å²) in [6, 6.07) is 4.06. The van der Waals surface area contributed by atoms with Crippen molar-refractivity contribution in [3.05, 3.63) is 59.0 Å². The molecule has 11 heteroatoms. The van der Waals surface area contributed by atoms with Crippen LogP contribution in [0.2, 0.25) is 5.02 Å². The molecule has 240 valence electrons. The standard InChI is InChI=1S/C32H40ClN9O.C2H6/c1-6-26(43)40-18-32(19-40)13-23(14-32)42-21(4)27(28-24(15-34)25(35)12-20(3)29(28)33)30(38-42)41-11-10-39(17-31(41,5)7-2)22-8-9-36-37-16-22;1-2/h6,8-9,12,15-16,23,34H,1,7,10-11,13-14,17-19,35H2,2-5H3;1-2H3/t31-;/m0./s1. The van der Waals surface area contributed by atoms with Gasteiger partial charge < -0.3 is 25.8 Å². The fraction of sp³-hybridized carbons (Fsp3) is 0.500. The fourth-order valence-corrected chi connectivity index (χ4v) is 7.67. The zero-order valence-electron chi connectivity index (χ0n) is 27.4. The number of nitrogens with one attached hydrogen (secondary N) is 1. The average molecular weight is 632 g/mol. The van der Waals surface area contributed by atoms with E-state index in [2.05, 4.69) is 52.0 Å². The Morgan fingerprint density at radius 1 is 1.18 bits per heavy atom. The molecule has 2 aliphatic heterocycles. The van der Waals surface area contributed by atoms with Gasteiger partial charge in [0.25, 0.3) is 0 Å². The molecule has 3 aromatic rings. The quantitative estimate of drug-likeness (QED) is 0.185. The highest BCUT2D eigenvalue weighted by Crippen LogP contribution is 2.56. The van der Waals surface area contributed by atoms with Gasteiger partial charge in [0.2, 0.25) is 5.91 Å². The molecule has 1 atom stereocenters.